The van der Waals surface area contributed by atoms with E-state index in [1.807, 2.05) is 54.9 Å². The Morgan fingerprint density at radius 2 is 1.90 bits per heavy atom. The molecule has 0 unspecified atom stereocenters. The second-order valence-corrected chi connectivity index (χ2v) is 5.34. The number of nitrogens with one attached hydrogen (secondary N) is 1. The zero-order chi connectivity index (χ0) is 14.7. The Morgan fingerprint density at radius 3 is 2.40 bits per heavy atom. The van der Waals surface area contributed by atoms with Gasteiger partial charge in [-0.2, -0.15) is 0 Å². The van der Waals surface area contributed by atoms with E-state index in [4.69, 9.17) is 11.6 Å². The maximum Gasteiger partial charge on any atom is 0.268 e. The van der Waals surface area contributed by atoms with Gasteiger partial charge in [0.2, 0.25) is 0 Å². The van der Waals surface area contributed by atoms with Crippen LogP contribution in [0.2, 0.25) is 5.02 Å². The first kappa shape index (κ1) is 14.7. The number of aromatic nitrogens is 1. The standard InChI is InChI=1S/C16H19ClN2O/c1-4-14(12-6-8-13(17)9-7-12)18-16(20)15-10-5-11(2)19(15)3/h5-10,14H,4H2,1-3H3,(H,18,20)/t14-/m0/s1. The summed E-state index contributed by atoms with van der Waals surface area (Å²) in [6.45, 7) is 4.03. The lowest BCUT2D eigenvalue weighted by Gasteiger charge is -2.18. The minimum absolute atomic E-state index is 0.00465. The first-order valence-corrected chi connectivity index (χ1v) is 7.09. The number of nitrogens with zero attached hydrogens (tertiary/aromatic N) is 1. The summed E-state index contributed by atoms with van der Waals surface area (Å²) < 4.78 is 1.89. The molecule has 1 amide bonds. The molecule has 1 aromatic carbocycles. The van der Waals surface area contributed by atoms with Crippen LogP contribution in [0.15, 0.2) is 36.4 Å². The summed E-state index contributed by atoms with van der Waals surface area (Å²) in [5, 5.41) is 3.77. The molecule has 0 radical (unpaired) electrons. The van der Waals surface area contributed by atoms with E-state index in [2.05, 4.69) is 12.2 Å². The van der Waals surface area contributed by atoms with Crippen LogP contribution in [0.25, 0.3) is 0 Å². The molecular weight excluding hydrogens is 272 g/mol. The lowest BCUT2D eigenvalue weighted by molar-refractivity contribution is 0.0927. The van der Waals surface area contributed by atoms with E-state index in [0.29, 0.717) is 10.7 Å². The predicted octanol–water partition coefficient (Wildman–Crippen LogP) is 3.87. The second kappa shape index (κ2) is 6.14. The Kier molecular flexibility index (Phi) is 4.50. The van der Waals surface area contributed by atoms with Crippen molar-refractivity contribution >= 4 is 17.5 Å². The zero-order valence-electron chi connectivity index (χ0n) is 12.0. The van der Waals surface area contributed by atoms with Crippen molar-refractivity contribution in [2.75, 3.05) is 0 Å². The van der Waals surface area contributed by atoms with Crippen LogP contribution in [0.5, 0.6) is 0 Å². The molecule has 106 valence electrons. The van der Waals surface area contributed by atoms with Crippen LogP contribution in [0, 0.1) is 6.92 Å². The number of carbonyl (C=O) groups excluding carboxylic acids is 1. The summed E-state index contributed by atoms with van der Waals surface area (Å²) in [6.07, 6.45) is 0.830. The van der Waals surface area contributed by atoms with Crippen LogP contribution >= 0.6 is 11.6 Å². The third kappa shape index (κ3) is 3.05. The molecule has 3 nitrogen and oxygen atoms in total. The van der Waals surface area contributed by atoms with E-state index < -0.39 is 0 Å². The van der Waals surface area contributed by atoms with Crippen LogP contribution in [0.4, 0.5) is 0 Å². The molecule has 0 spiro atoms. The zero-order valence-corrected chi connectivity index (χ0v) is 12.7. The molecule has 1 N–H and O–H groups in total. The molecule has 1 aromatic heterocycles. The van der Waals surface area contributed by atoms with Gasteiger partial charge in [-0.25, -0.2) is 0 Å². The summed E-state index contributed by atoms with van der Waals surface area (Å²) in [4.78, 5) is 12.3. The summed E-state index contributed by atoms with van der Waals surface area (Å²) in [5.41, 5.74) is 2.81. The van der Waals surface area contributed by atoms with Crippen molar-refractivity contribution in [3.05, 3.63) is 58.4 Å². The Hall–Kier alpha value is -1.74. The molecule has 2 aromatic rings. The normalized spacial score (nSPS) is 12.2. The highest BCUT2D eigenvalue weighted by Crippen LogP contribution is 2.20. The predicted molar refractivity (Wildman–Crippen MR) is 82.1 cm³/mol. The van der Waals surface area contributed by atoms with Crippen LogP contribution in [0.1, 0.15) is 41.1 Å². The molecule has 0 bridgehead atoms. The number of benzene rings is 1. The summed E-state index contributed by atoms with van der Waals surface area (Å²) in [6, 6.07) is 11.4. The van der Waals surface area contributed by atoms with Gasteiger partial charge < -0.3 is 9.88 Å². The van der Waals surface area contributed by atoms with Gasteiger partial charge in [-0.05, 0) is 43.2 Å². The molecule has 0 aliphatic heterocycles. The molecule has 4 heteroatoms. The van der Waals surface area contributed by atoms with Gasteiger partial charge in [0.15, 0.2) is 0 Å². The Labute approximate surface area is 124 Å². The molecule has 0 fully saturated rings. The molecule has 0 saturated heterocycles. The SMILES string of the molecule is CC[C@H](NC(=O)c1ccc(C)n1C)c1ccc(Cl)cc1. The largest absolute Gasteiger partial charge is 0.344 e. The molecule has 1 atom stereocenters. The van der Waals surface area contributed by atoms with Crippen molar-refractivity contribution in [1.82, 2.24) is 9.88 Å². The fourth-order valence-corrected chi connectivity index (χ4v) is 2.32. The van der Waals surface area contributed by atoms with E-state index in [1.54, 1.807) is 0 Å². The monoisotopic (exact) mass is 290 g/mol. The third-order valence-corrected chi connectivity index (χ3v) is 3.84. The minimum atomic E-state index is -0.0533. The third-order valence-electron chi connectivity index (χ3n) is 3.59. The topological polar surface area (TPSA) is 34.0 Å². The number of hydrogen-bond acceptors (Lipinski definition) is 1. The van der Waals surface area contributed by atoms with Gasteiger partial charge in [0.25, 0.3) is 5.91 Å². The average Bonchev–Trinajstić information content (AvgIpc) is 2.77. The number of rotatable bonds is 4. The lowest BCUT2D eigenvalue weighted by atomic mass is 10.0. The minimum Gasteiger partial charge on any atom is -0.344 e. The maximum absolute atomic E-state index is 12.3. The Balaban J connectivity index is 2.16. The highest BCUT2D eigenvalue weighted by Gasteiger charge is 2.16. The van der Waals surface area contributed by atoms with Crippen LogP contribution in [0.3, 0.4) is 0 Å². The summed E-state index contributed by atoms with van der Waals surface area (Å²) in [5.74, 6) is -0.0533. The van der Waals surface area contributed by atoms with Crippen molar-refractivity contribution in [3.63, 3.8) is 0 Å². The van der Waals surface area contributed by atoms with Crippen LogP contribution < -0.4 is 5.32 Å². The summed E-state index contributed by atoms with van der Waals surface area (Å²) >= 11 is 5.89. The first-order chi connectivity index (χ1) is 9.52. The molecule has 2 rings (SSSR count). The van der Waals surface area contributed by atoms with Crippen molar-refractivity contribution in [3.8, 4) is 0 Å². The van der Waals surface area contributed by atoms with Gasteiger partial charge in [0.05, 0.1) is 6.04 Å². The fourth-order valence-electron chi connectivity index (χ4n) is 2.19. The van der Waals surface area contributed by atoms with Gasteiger partial charge >= 0.3 is 0 Å². The number of carbonyl (C=O) groups is 1. The van der Waals surface area contributed by atoms with Crippen molar-refractivity contribution in [1.29, 1.82) is 0 Å². The van der Waals surface area contributed by atoms with Gasteiger partial charge in [0, 0.05) is 17.8 Å². The molecule has 20 heavy (non-hydrogen) atoms. The van der Waals surface area contributed by atoms with Crippen molar-refractivity contribution in [2.45, 2.75) is 26.3 Å². The maximum atomic E-state index is 12.3. The van der Waals surface area contributed by atoms with Crippen molar-refractivity contribution in [2.24, 2.45) is 7.05 Å². The molecule has 1 heterocycles. The average molecular weight is 291 g/mol. The van der Waals surface area contributed by atoms with Crippen LogP contribution in [-0.4, -0.2) is 10.5 Å². The van der Waals surface area contributed by atoms with E-state index in [0.717, 1.165) is 17.7 Å². The van der Waals surface area contributed by atoms with E-state index >= 15 is 0 Å². The van der Waals surface area contributed by atoms with E-state index in [1.165, 1.54) is 0 Å². The quantitative estimate of drug-likeness (QED) is 0.911. The number of halogens is 1. The highest BCUT2D eigenvalue weighted by atomic mass is 35.5. The second-order valence-electron chi connectivity index (χ2n) is 4.90. The molecule has 0 aliphatic carbocycles. The fraction of sp³-hybridized carbons (Fsp3) is 0.312. The Morgan fingerprint density at radius 1 is 1.25 bits per heavy atom. The van der Waals surface area contributed by atoms with Gasteiger partial charge in [-0.15, -0.1) is 0 Å². The van der Waals surface area contributed by atoms with Crippen LogP contribution in [-0.2, 0) is 7.05 Å². The van der Waals surface area contributed by atoms with Gasteiger partial charge in [0.1, 0.15) is 5.69 Å². The van der Waals surface area contributed by atoms with E-state index in [9.17, 15) is 4.79 Å². The van der Waals surface area contributed by atoms with E-state index in [-0.39, 0.29) is 11.9 Å². The smallest absolute Gasteiger partial charge is 0.268 e. The lowest BCUT2D eigenvalue weighted by Crippen LogP contribution is -2.29. The Bertz CT molecular complexity index is 601. The molecule has 0 aliphatic rings. The van der Waals surface area contributed by atoms with Gasteiger partial charge in [-0.1, -0.05) is 30.7 Å². The molecular formula is C16H19ClN2O. The number of aryl methyl sites for hydroxylation is 1. The molecule has 0 saturated carbocycles. The number of hydrogen-bond donors (Lipinski definition) is 1. The number of amides is 1. The summed E-state index contributed by atoms with van der Waals surface area (Å²) in [7, 11) is 1.90. The highest BCUT2D eigenvalue weighted by molar-refractivity contribution is 6.30. The van der Waals surface area contributed by atoms with Gasteiger partial charge in [-0.3, -0.25) is 4.79 Å². The van der Waals surface area contributed by atoms with Crippen molar-refractivity contribution < 1.29 is 4.79 Å². The first-order valence-electron chi connectivity index (χ1n) is 6.71.